The average molecular weight is 291 g/mol. The lowest BCUT2D eigenvalue weighted by Crippen LogP contribution is -2.07. The first-order valence-corrected chi connectivity index (χ1v) is 6.91. The molecule has 1 aromatic heterocycles. The Morgan fingerprint density at radius 2 is 0.905 bits per heavy atom. The first-order valence-electron chi connectivity index (χ1n) is 6.91. The number of hydrogen-bond donors (Lipinski definition) is 3. The number of nitrogens with zero attached hydrogens (tertiary/aromatic N) is 3. The summed E-state index contributed by atoms with van der Waals surface area (Å²) >= 11 is 0. The maximum atomic E-state index is 9.28. The summed E-state index contributed by atoms with van der Waals surface area (Å²) in [6.07, 6.45) is 4.54. The highest BCUT2D eigenvalue weighted by Crippen LogP contribution is 2.21. The molecule has 0 aliphatic carbocycles. The Morgan fingerprint density at radius 1 is 0.667 bits per heavy atom. The van der Waals surface area contributed by atoms with Crippen molar-refractivity contribution in [1.82, 2.24) is 15.0 Å². The van der Waals surface area contributed by atoms with Crippen LogP contribution in [0.15, 0.2) is 18.8 Å². The highest BCUT2D eigenvalue weighted by molar-refractivity contribution is 5.66. The normalized spacial score (nSPS) is 13.6. The number of aliphatic hydroxyl groups is 3. The maximum Gasteiger partial charge on any atom is 0.163 e. The van der Waals surface area contributed by atoms with Crippen molar-refractivity contribution in [2.45, 2.75) is 40.0 Å². The van der Waals surface area contributed by atoms with Gasteiger partial charge in [0.2, 0.25) is 0 Å². The van der Waals surface area contributed by atoms with E-state index in [2.05, 4.69) is 15.0 Å². The molecule has 21 heavy (non-hydrogen) atoms. The van der Waals surface area contributed by atoms with Crippen LogP contribution in [0.4, 0.5) is 0 Å². The lowest BCUT2D eigenvalue weighted by atomic mass is 10.1. The Labute approximate surface area is 124 Å². The molecular weight excluding hydrogens is 270 g/mol. The van der Waals surface area contributed by atoms with Gasteiger partial charge in [0, 0.05) is 16.7 Å². The largest absolute Gasteiger partial charge is 0.515 e. The van der Waals surface area contributed by atoms with Crippen LogP contribution < -0.4 is 0 Å². The third-order valence-electron chi connectivity index (χ3n) is 3.11. The monoisotopic (exact) mass is 291 g/mol. The van der Waals surface area contributed by atoms with E-state index < -0.39 is 0 Å². The zero-order valence-electron chi connectivity index (χ0n) is 12.5. The predicted molar refractivity (Wildman–Crippen MR) is 82.5 cm³/mol. The first kappa shape index (κ1) is 16.7. The molecule has 0 aliphatic heterocycles. The molecule has 1 rings (SSSR count). The minimum Gasteiger partial charge on any atom is -0.515 e. The first-order chi connectivity index (χ1) is 10.1. The zero-order chi connectivity index (χ0) is 15.8. The van der Waals surface area contributed by atoms with Crippen LogP contribution >= 0.6 is 0 Å². The summed E-state index contributed by atoms with van der Waals surface area (Å²) in [4.78, 5) is 12.8. The molecule has 0 spiro atoms. The number of aliphatic hydroxyl groups excluding tert-OH is 3. The number of aromatic nitrogens is 3. The van der Waals surface area contributed by atoms with Crippen molar-refractivity contribution >= 4 is 16.7 Å². The smallest absolute Gasteiger partial charge is 0.163 e. The third kappa shape index (κ3) is 3.81. The van der Waals surface area contributed by atoms with Gasteiger partial charge in [-0.2, -0.15) is 0 Å². The van der Waals surface area contributed by atoms with Gasteiger partial charge in [0.25, 0.3) is 0 Å². The maximum absolute atomic E-state index is 9.28. The molecule has 0 saturated carbocycles. The molecule has 0 fully saturated rings. The Bertz CT molecular complexity index is 484. The second-order valence-corrected chi connectivity index (χ2v) is 4.33. The molecular formula is C15H21N3O3. The molecule has 3 N–H and O–H groups in total. The van der Waals surface area contributed by atoms with Gasteiger partial charge in [0.15, 0.2) is 17.5 Å². The van der Waals surface area contributed by atoms with Gasteiger partial charge in [0.1, 0.15) is 0 Å². The quantitative estimate of drug-likeness (QED) is 0.689. The highest BCUT2D eigenvalue weighted by Gasteiger charge is 2.14. The van der Waals surface area contributed by atoms with Crippen LogP contribution in [0.2, 0.25) is 0 Å². The van der Waals surface area contributed by atoms with E-state index >= 15 is 0 Å². The SMILES string of the molecule is CC/C(=C\O)c1nc(/C(=C/O)CC)nc(/C(=C/O)CC)n1. The van der Waals surface area contributed by atoms with E-state index in [4.69, 9.17) is 0 Å². The van der Waals surface area contributed by atoms with Gasteiger partial charge in [-0.25, -0.2) is 15.0 Å². The van der Waals surface area contributed by atoms with Gasteiger partial charge < -0.3 is 15.3 Å². The predicted octanol–water partition coefficient (Wildman–Crippen LogP) is 3.80. The number of rotatable bonds is 6. The highest BCUT2D eigenvalue weighted by atomic mass is 16.2. The summed E-state index contributed by atoms with van der Waals surface area (Å²) in [5.74, 6) is 1.00. The fraction of sp³-hybridized carbons (Fsp3) is 0.400. The topological polar surface area (TPSA) is 99.4 Å². The Hall–Kier alpha value is -2.37. The third-order valence-corrected chi connectivity index (χ3v) is 3.11. The van der Waals surface area contributed by atoms with Crippen LogP contribution in [0.25, 0.3) is 16.7 Å². The van der Waals surface area contributed by atoms with Gasteiger partial charge in [-0.3, -0.25) is 0 Å². The van der Waals surface area contributed by atoms with Crippen molar-refractivity contribution < 1.29 is 15.3 Å². The van der Waals surface area contributed by atoms with Crippen LogP contribution in [0.3, 0.4) is 0 Å². The van der Waals surface area contributed by atoms with Gasteiger partial charge >= 0.3 is 0 Å². The lowest BCUT2D eigenvalue weighted by molar-refractivity contribution is 0.473. The fourth-order valence-corrected chi connectivity index (χ4v) is 1.73. The second-order valence-electron chi connectivity index (χ2n) is 4.33. The summed E-state index contributed by atoms with van der Waals surface area (Å²) in [5, 5.41) is 27.8. The van der Waals surface area contributed by atoms with E-state index in [1.165, 1.54) is 0 Å². The molecule has 0 aliphatic rings. The standard InChI is InChI=1S/C15H21N3O3/c1-4-10(7-19)13-16-14(11(5-2)8-20)18-15(17-13)12(6-3)9-21/h7-9,19-21H,4-6H2,1-3H3/b10-7+,11-8+,12-9+. The summed E-state index contributed by atoms with van der Waals surface area (Å²) in [6, 6.07) is 0. The summed E-state index contributed by atoms with van der Waals surface area (Å²) in [6.45, 7) is 5.61. The molecule has 1 aromatic rings. The minimum atomic E-state index is 0.334. The van der Waals surface area contributed by atoms with Gasteiger partial charge in [0.05, 0.1) is 18.8 Å². The van der Waals surface area contributed by atoms with E-state index in [1.54, 1.807) is 0 Å². The van der Waals surface area contributed by atoms with Crippen LogP contribution in [0.5, 0.6) is 0 Å². The van der Waals surface area contributed by atoms with Crippen LogP contribution in [0.1, 0.15) is 57.5 Å². The molecule has 0 unspecified atom stereocenters. The Kier molecular flexibility index (Phi) is 6.39. The van der Waals surface area contributed by atoms with Gasteiger partial charge in [-0.1, -0.05) is 20.8 Å². The summed E-state index contributed by atoms with van der Waals surface area (Å²) in [5.41, 5.74) is 1.67. The number of hydrogen-bond acceptors (Lipinski definition) is 6. The molecule has 0 radical (unpaired) electrons. The molecule has 0 amide bonds. The molecule has 0 bridgehead atoms. The van der Waals surface area contributed by atoms with Crippen molar-refractivity contribution in [2.24, 2.45) is 0 Å². The van der Waals surface area contributed by atoms with E-state index in [9.17, 15) is 15.3 Å². The molecule has 6 heteroatoms. The summed E-state index contributed by atoms with van der Waals surface area (Å²) in [7, 11) is 0. The molecule has 0 saturated heterocycles. The van der Waals surface area contributed by atoms with Crippen molar-refractivity contribution in [3.63, 3.8) is 0 Å². The van der Waals surface area contributed by atoms with E-state index in [0.717, 1.165) is 18.8 Å². The van der Waals surface area contributed by atoms with Crippen molar-refractivity contribution in [2.75, 3.05) is 0 Å². The molecule has 114 valence electrons. The van der Waals surface area contributed by atoms with Gasteiger partial charge in [-0.05, 0) is 19.3 Å². The van der Waals surface area contributed by atoms with E-state index in [0.29, 0.717) is 53.5 Å². The number of allylic oxidation sites excluding steroid dienone is 3. The zero-order valence-corrected chi connectivity index (χ0v) is 12.5. The fourth-order valence-electron chi connectivity index (χ4n) is 1.73. The molecule has 1 heterocycles. The van der Waals surface area contributed by atoms with Gasteiger partial charge in [-0.15, -0.1) is 0 Å². The second kappa shape index (κ2) is 8.04. The molecule has 0 aromatic carbocycles. The summed E-state index contributed by atoms with van der Waals surface area (Å²) < 4.78 is 0. The Balaban J connectivity index is 3.53. The minimum absolute atomic E-state index is 0.334. The molecule has 0 atom stereocenters. The van der Waals surface area contributed by atoms with E-state index in [1.807, 2.05) is 20.8 Å². The van der Waals surface area contributed by atoms with E-state index in [-0.39, 0.29) is 0 Å². The molecule has 6 nitrogen and oxygen atoms in total. The van der Waals surface area contributed by atoms with Crippen molar-refractivity contribution in [3.8, 4) is 0 Å². The lowest BCUT2D eigenvalue weighted by Gasteiger charge is -2.10. The van der Waals surface area contributed by atoms with Crippen LogP contribution in [-0.4, -0.2) is 30.3 Å². The van der Waals surface area contributed by atoms with Crippen molar-refractivity contribution in [1.29, 1.82) is 0 Å². The average Bonchev–Trinajstić information content (AvgIpc) is 2.51. The van der Waals surface area contributed by atoms with Crippen LogP contribution in [0, 0.1) is 0 Å². The van der Waals surface area contributed by atoms with Crippen LogP contribution in [-0.2, 0) is 0 Å². The van der Waals surface area contributed by atoms with Crippen molar-refractivity contribution in [3.05, 3.63) is 36.3 Å². The Morgan fingerprint density at radius 3 is 1.05 bits per heavy atom.